The molecule has 1 aliphatic heterocycles. The topological polar surface area (TPSA) is 33.9 Å². The highest BCUT2D eigenvalue weighted by atomic mass is 16.5. The molecule has 2 N–H and O–H groups in total. The summed E-state index contributed by atoms with van der Waals surface area (Å²) in [7, 11) is 5.57. The minimum Gasteiger partial charge on any atom is -0.461 e. The Morgan fingerprint density at radius 3 is 2.80 bits per heavy atom. The zero-order valence-electron chi connectivity index (χ0n) is 6.34. The molecule has 3 atom stereocenters. The first kappa shape index (κ1) is 7.98. The summed E-state index contributed by atoms with van der Waals surface area (Å²) in [6, 6.07) is 0.282. The van der Waals surface area contributed by atoms with Crippen molar-refractivity contribution in [1.82, 2.24) is 0 Å². The molecular weight excluding hydrogens is 130 g/mol. The third-order valence-corrected chi connectivity index (χ3v) is 2.17. The number of aliphatic hydroxyl groups is 1. The molecule has 1 aliphatic rings. The summed E-state index contributed by atoms with van der Waals surface area (Å²) in [5.74, 6) is 0. The van der Waals surface area contributed by atoms with Crippen LogP contribution in [-0.4, -0.2) is 37.5 Å². The third-order valence-electron chi connectivity index (χ3n) is 2.17. The Bertz CT molecular complexity index is 108. The quantitative estimate of drug-likeness (QED) is 0.461. The minimum atomic E-state index is 0.221. The van der Waals surface area contributed by atoms with Crippen molar-refractivity contribution in [3.05, 3.63) is 7.05 Å². The minimum absolute atomic E-state index is 0.221. The summed E-state index contributed by atoms with van der Waals surface area (Å²) in [5.41, 5.74) is 0. The van der Waals surface area contributed by atoms with Gasteiger partial charge in [0, 0.05) is 13.5 Å². The Kier molecular flexibility index (Phi) is 2.65. The fourth-order valence-electron chi connectivity index (χ4n) is 1.41. The van der Waals surface area contributed by atoms with E-state index < -0.39 is 0 Å². The van der Waals surface area contributed by atoms with Gasteiger partial charge in [0.1, 0.15) is 6.10 Å². The van der Waals surface area contributed by atoms with Gasteiger partial charge in [-0.25, -0.2) is 0 Å². The smallest absolute Gasteiger partial charge is 0.109 e. The number of hydrogen-bond donors (Lipinski definition) is 2. The van der Waals surface area contributed by atoms with Gasteiger partial charge in [0.25, 0.3) is 0 Å². The van der Waals surface area contributed by atoms with Crippen LogP contribution in [0.3, 0.4) is 0 Å². The molecule has 10 heavy (non-hydrogen) atoms. The number of rotatable bonds is 2. The van der Waals surface area contributed by atoms with Crippen molar-refractivity contribution < 1.29 is 14.7 Å². The molecule has 60 valence electrons. The Morgan fingerprint density at radius 1 is 1.80 bits per heavy atom. The summed E-state index contributed by atoms with van der Waals surface area (Å²) in [6.07, 6.45) is 1.23. The van der Waals surface area contributed by atoms with E-state index in [1.807, 2.05) is 0 Å². The van der Waals surface area contributed by atoms with Crippen LogP contribution in [0.5, 0.6) is 0 Å². The summed E-state index contributed by atoms with van der Waals surface area (Å²) in [6.45, 7) is 1.14. The summed E-state index contributed by atoms with van der Waals surface area (Å²) < 4.78 is 5.14. The van der Waals surface area contributed by atoms with E-state index in [2.05, 4.69) is 7.05 Å². The first-order valence-electron chi connectivity index (χ1n) is 3.59. The molecule has 1 heterocycles. The Balaban J connectivity index is 2.36. The molecule has 1 unspecified atom stereocenters. The zero-order valence-corrected chi connectivity index (χ0v) is 6.34. The number of quaternary nitrogens is 1. The van der Waals surface area contributed by atoms with Crippen molar-refractivity contribution in [1.29, 1.82) is 0 Å². The van der Waals surface area contributed by atoms with Gasteiger partial charge < -0.3 is 14.7 Å². The van der Waals surface area contributed by atoms with Crippen LogP contribution in [0.1, 0.15) is 6.42 Å². The van der Waals surface area contributed by atoms with E-state index in [1.54, 1.807) is 7.11 Å². The molecule has 0 spiro atoms. The Labute approximate surface area is 61.6 Å². The highest BCUT2D eigenvalue weighted by Gasteiger charge is 2.29. The van der Waals surface area contributed by atoms with Gasteiger partial charge in [-0.05, 0) is 0 Å². The van der Waals surface area contributed by atoms with E-state index in [4.69, 9.17) is 9.84 Å². The SMILES string of the molecule is [CH2-][NH+]1C[C@H](OC)C[C@@H]1CO. The van der Waals surface area contributed by atoms with Crippen LogP contribution < -0.4 is 4.90 Å². The maximum atomic E-state index is 8.83. The second kappa shape index (κ2) is 3.32. The van der Waals surface area contributed by atoms with Crippen LogP contribution in [-0.2, 0) is 4.74 Å². The van der Waals surface area contributed by atoms with Crippen LogP contribution in [0.15, 0.2) is 0 Å². The van der Waals surface area contributed by atoms with Crippen molar-refractivity contribution in [2.75, 3.05) is 20.3 Å². The van der Waals surface area contributed by atoms with Gasteiger partial charge >= 0.3 is 0 Å². The van der Waals surface area contributed by atoms with E-state index in [1.165, 1.54) is 0 Å². The van der Waals surface area contributed by atoms with Crippen LogP contribution >= 0.6 is 0 Å². The van der Waals surface area contributed by atoms with Gasteiger partial charge in [0.15, 0.2) is 0 Å². The third kappa shape index (κ3) is 1.48. The molecule has 3 nitrogen and oxygen atoms in total. The van der Waals surface area contributed by atoms with Crippen molar-refractivity contribution >= 4 is 0 Å². The second-order valence-corrected chi connectivity index (χ2v) is 2.84. The Hall–Kier alpha value is -0.120. The fourth-order valence-corrected chi connectivity index (χ4v) is 1.41. The number of ether oxygens (including phenoxy) is 1. The van der Waals surface area contributed by atoms with Crippen LogP contribution in [0.4, 0.5) is 0 Å². The molecule has 0 aromatic rings. The molecule has 0 aromatic heterocycles. The second-order valence-electron chi connectivity index (χ2n) is 2.84. The van der Waals surface area contributed by atoms with Crippen LogP contribution in [0, 0.1) is 7.05 Å². The lowest BCUT2D eigenvalue weighted by molar-refractivity contribution is -0.868. The zero-order chi connectivity index (χ0) is 7.56. The molecule has 3 heteroatoms. The molecule has 1 saturated heterocycles. The molecule has 0 bridgehead atoms. The molecule has 0 radical (unpaired) electrons. The fraction of sp³-hybridized carbons (Fsp3) is 0.857. The average Bonchev–Trinajstić information content (AvgIpc) is 2.30. The van der Waals surface area contributed by atoms with E-state index in [0.717, 1.165) is 17.9 Å². The normalized spacial score (nSPS) is 40.5. The molecule has 0 saturated carbocycles. The molecular formula is C7H15NO2. The lowest BCUT2D eigenvalue weighted by Crippen LogP contribution is -3.09. The predicted molar refractivity (Wildman–Crippen MR) is 37.5 cm³/mol. The van der Waals surface area contributed by atoms with Gasteiger partial charge in [0.05, 0.1) is 19.2 Å². The van der Waals surface area contributed by atoms with Crippen molar-refractivity contribution in [2.45, 2.75) is 18.6 Å². The average molecular weight is 145 g/mol. The van der Waals surface area contributed by atoms with Gasteiger partial charge in [-0.15, -0.1) is 0 Å². The summed E-state index contributed by atoms with van der Waals surface area (Å²) in [5, 5.41) is 8.83. The van der Waals surface area contributed by atoms with Crippen molar-refractivity contribution in [3.63, 3.8) is 0 Å². The number of likely N-dealkylation sites (tertiary alicyclic amines) is 1. The van der Waals surface area contributed by atoms with Crippen molar-refractivity contribution in [2.24, 2.45) is 0 Å². The van der Waals surface area contributed by atoms with Crippen LogP contribution in [0.25, 0.3) is 0 Å². The number of methoxy groups -OCH3 is 1. The first-order valence-corrected chi connectivity index (χ1v) is 3.59. The summed E-state index contributed by atoms with van der Waals surface area (Å²) in [4.78, 5) is 1.13. The maximum Gasteiger partial charge on any atom is 0.109 e. The molecule has 0 amide bonds. The highest BCUT2D eigenvalue weighted by Crippen LogP contribution is 2.03. The van der Waals surface area contributed by atoms with Crippen LogP contribution in [0.2, 0.25) is 0 Å². The number of nitrogens with one attached hydrogen (secondary N) is 1. The van der Waals surface area contributed by atoms with E-state index in [0.29, 0.717) is 6.10 Å². The van der Waals surface area contributed by atoms with Gasteiger partial charge in [-0.3, -0.25) is 0 Å². The molecule has 0 aromatic carbocycles. The molecule has 1 fully saturated rings. The van der Waals surface area contributed by atoms with E-state index in [-0.39, 0.29) is 12.6 Å². The summed E-state index contributed by atoms with van der Waals surface area (Å²) >= 11 is 0. The maximum absolute atomic E-state index is 8.83. The highest BCUT2D eigenvalue weighted by molar-refractivity contribution is 4.70. The lowest BCUT2D eigenvalue weighted by atomic mass is 10.2. The number of hydrogen-bond acceptors (Lipinski definition) is 2. The van der Waals surface area contributed by atoms with Crippen molar-refractivity contribution in [3.8, 4) is 0 Å². The molecule has 0 aliphatic carbocycles. The monoisotopic (exact) mass is 145 g/mol. The Morgan fingerprint density at radius 2 is 2.50 bits per heavy atom. The van der Waals surface area contributed by atoms with E-state index in [9.17, 15) is 0 Å². The van der Waals surface area contributed by atoms with Gasteiger partial charge in [-0.1, -0.05) is 0 Å². The lowest BCUT2D eigenvalue weighted by Gasteiger charge is -2.19. The van der Waals surface area contributed by atoms with Gasteiger partial charge in [-0.2, -0.15) is 7.05 Å². The number of aliphatic hydroxyl groups excluding tert-OH is 1. The standard InChI is InChI=1S/C7H15NO2/c1-8-4-7(10-2)3-6(8)5-9/h6-9H,1,3-5H2,2H3/t6-,7-/m1/s1. The first-order chi connectivity index (χ1) is 4.77. The largest absolute Gasteiger partial charge is 0.461 e. The van der Waals surface area contributed by atoms with E-state index >= 15 is 0 Å². The van der Waals surface area contributed by atoms with Gasteiger partial charge in [0.2, 0.25) is 0 Å². The predicted octanol–water partition coefficient (Wildman–Crippen LogP) is -1.56. The molecule has 1 rings (SSSR count).